The number of rotatable bonds is 4. The van der Waals surface area contributed by atoms with Crippen molar-refractivity contribution in [2.45, 2.75) is 13.3 Å². The van der Waals surface area contributed by atoms with E-state index in [0.29, 0.717) is 5.69 Å². The van der Waals surface area contributed by atoms with Gasteiger partial charge in [-0.2, -0.15) is 0 Å². The maximum atomic E-state index is 11.3. The third-order valence-corrected chi connectivity index (χ3v) is 3.02. The first-order chi connectivity index (χ1) is 7.04. The highest BCUT2D eigenvalue weighted by Crippen LogP contribution is 2.18. The summed E-state index contributed by atoms with van der Waals surface area (Å²) >= 11 is 1.56. The van der Waals surface area contributed by atoms with Crippen LogP contribution in [0.4, 0.5) is 0 Å². The number of carbonyl (C=O) groups excluding carboxylic acids is 1. The van der Waals surface area contributed by atoms with Gasteiger partial charge < -0.3 is 9.64 Å². The van der Waals surface area contributed by atoms with Gasteiger partial charge in [0.1, 0.15) is 0 Å². The number of carbonyl (C=O) groups is 1. The molecule has 0 fully saturated rings. The van der Waals surface area contributed by atoms with Crippen molar-refractivity contribution < 1.29 is 9.53 Å². The minimum atomic E-state index is -0.347. The van der Waals surface area contributed by atoms with Gasteiger partial charge in [-0.1, -0.05) is 0 Å². The van der Waals surface area contributed by atoms with Crippen molar-refractivity contribution in [1.82, 2.24) is 9.88 Å². The highest BCUT2D eigenvalue weighted by Gasteiger charge is 2.15. The van der Waals surface area contributed by atoms with Crippen LogP contribution in [-0.2, 0) is 11.2 Å². The summed E-state index contributed by atoms with van der Waals surface area (Å²) in [7, 11) is 5.41. The molecule has 84 valence electrons. The van der Waals surface area contributed by atoms with Crippen molar-refractivity contribution in [3.63, 3.8) is 0 Å². The average Bonchev–Trinajstić information content (AvgIpc) is 2.55. The second kappa shape index (κ2) is 5.23. The van der Waals surface area contributed by atoms with Gasteiger partial charge in [0.15, 0.2) is 5.69 Å². The smallest absolute Gasteiger partial charge is 0.357 e. The zero-order valence-corrected chi connectivity index (χ0v) is 10.3. The number of esters is 1. The van der Waals surface area contributed by atoms with Crippen molar-refractivity contribution in [3.05, 3.63) is 15.6 Å². The third kappa shape index (κ3) is 3.28. The lowest BCUT2D eigenvalue weighted by molar-refractivity contribution is 0.0594. The van der Waals surface area contributed by atoms with Gasteiger partial charge in [-0.3, -0.25) is 0 Å². The van der Waals surface area contributed by atoms with Gasteiger partial charge in [0.05, 0.1) is 12.1 Å². The van der Waals surface area contributed by atoms with Crippen LogP contribution in [-0.4, -0.2) is 43.6 Å². The van der Waals surface area contributed by atoms with Crippen LogP contribution in [0.3, 0.4) is 0 Å². The van der Waals surface area contributed by atoms with Gasteiger partial charge in [0, 0.05) is 17.8 Å². The van der Waals surface area contributed by atoms with Crippen LogP contribution in [0.2, 0.25) is 0 Å². The number of aromatic nitrogens is 1. The highest BCUT2D eigenvalue weighted by molar-refractivity contribution is 7.11. The van der Waals surface area contributed by atoms with Gasteiger partial charge in [0.25, 0.3) is 0 Å². The minimum absolute atomic E-state index is 0.347. The number of aryl methyl sites for hydroxylation is 1. The Morgan fingerprint density at radius 1 is 1.53 bits per heavy atom. The molecule has 0 radical (unpaired) electrons. The molecule has 1 aromatic rings. The van der Waals surface area contributed by atoms with Crippen molar-refractivity contribution in [2.24, 2.45) is 0 Å². The van der Waals surface area contributed by atoms with E-state index in [1.807, 2.05) is 21.0 Å². The molecule has 0 bridgehead atoms. The molecule has 0 aliphatic carbocycles. The van der Waals surface area contributed by atoms with Crippen LogP contribution in [0.15, 0.2) is 0 Å². The first-order valence-corrected chi connectivity index (χ1v) is 5.55. The lowest BCUT2D eigenvalue weighted by Gasteiger charge is -2.06. The lowest BCUT2D eigenvalue weighted by atomic mass is 10.4. The van der Waals surface area contributed by atoms with Gasteiger partial charge in [-0.15, -0.1) is 11.3 Å². The van der Waals surface area contributed by atoms with E-state index in [9.17, 15) is 4.79 Å². The SMILES string of the molecule is COC(=O)c1nc(CCN(C)C)sc1C. The van der Waals surface area contributed by atoms with Gasteiger partial charge in [-0.05, 0) is 21.0 Å². The molecule has 0 saturated carbocycles. The number of likely N-dealkylation sites (N-methyl/N-ethyl adjacent to an activating group) is 1. The molecule has 0 unspecified atom stereocenters. The first kappa shape index (κ1) is 12.1. The zero-order valence-electron chi connectivity index (χ0n) is 9.53. The molecule has 0 amide bonds. The number of ether oxygens (including phenoxy) is 1. The zero-order chi connectivity index (χ0) is 11.4. The highest BCUT2D eigenvalue weighted by atomic mass is 32.1. The summed E-state index contributed by atoms with van der Waals surface area (Å²) in [5.74, 6) is -0.347. The Kier molecular flexibility index (Phi) is 4.23. The number of methoxy groups -OCH3 is 1. The Morgan fingerprint density at radius 2 is 2.20 bits per heavy atom. The van der Waals surface area contributed by atoms with Crippen molar-refractivity contribution >= 4 is 17.3 Å². The molecular weight excluding hydrogens is 212 g/mol. The first-order valence-electron chi connectivity index (χ1n) is 4.74. The van der Waals surface area contributed by atoms with E-state index in [1.54, 1.807) is 11.3 Å². The Hall–Kier alpha value is -0.940. The maximum Gasteiger partial charge on any atom is 0.357 e. The second-order valence-electron chi connectivity index (χ2n) is 3.56. The molecule has 5 heteroatoms. The monoisotopic (exact) mass is 228 g/mol. The molecule has 0 aromatic carbocycles. The summed E-state index contributed by atoms with van der Waals surface area (Å²) in [6.45, 7) is 2.83. The summed E-state index contributed by atoms with van der Waals surface area (Å²) in [5, 5.41) is 0.988. The molecular formula is C10H16N2O2S. The summed E-state index contributed by atoms with van der Waals surface area (Å²) in [4.78, 5) is 18.6. The second-order valence-corrected chi connectivity index (χ2v) is 4.85. The lowest BCUT2D eigenvalue weighted by Crippen LogP contribution is -2.15. The topological polar surface area (TPSA) is 42.4 Å². The predicted molar refractivity (Wildman–Crippen MR) is 60.4 cm³/mol. The maximum absolute atomic E-state index is 11.3. The summed E-state index contributed by atoms with van der Waals surface area (Å²) in [6.07, 6.45) is 0.871. The van der Waals surface area contributed by atoms with Crippen LogP contribution in [0.25, 0.3) is 0 Å². The van der Waals surface area contributed by atoms with Crippen molar-refractivity contribution in [1.29, 1.82) is 0 Å². The molecule has 0 saturated heterocycles. The largest absolute Gasteiger partial charge is 0.464 e. The van der Waals surface area contributed by atoms with E-state index >= 15 is 0 Å². The molecule has 0 N–H and O–H groups in total. The number of hydrogen-bond donors (Lipinski definition) is 0. The van der Waals surface area contributed by atoms with Crippen molar-refractivity contribution in [3.8, 4) is 0 Å². The fraction of sp³-hybridized carbons (Fsp3) is 0.600. The minimum Gasteiger partial charge on any atom is -0.464 e. The predicted octanol–water partition coefficient (Wildman–Crippen LogP) is 1.34. The Balaban J connectivity index is 2.72. The molecule has 0 atom stereocenters. The standard InChI is InChI=1S/C10H16N2O2S/c1-7-9(10(13)14-4)11-8(15-7)5-6-12(2)3/h5-6H2,1-4H3. The van der Waals surface area contributed by atoms with E-state index < -0.39 is 0 Å². The molecule has 1 aromatic heterocycles. The van der Waals surface area contributed by atoms with Crippen LogP contribution in [0.5, 0.6) is 0 Å². The normalized spacial score (nSPS) is 10.7. The summed E-state index contributed by atoms with van der Waals surface area (Å²) < 4.78 is 4.65. The van der Waals surface area contributed by atoms with Crippen LogP contribution in [0.1, 0.15) is 20.4 Å². The molecule has 1 rings (SSSR count). The fourth-order valence-corrected chi connectivity index (χ4v) is 2.07. The van der Waals surface area contributed by atoms with E-state index in [4.69, 9.17) is 0 Å². The quantitative estimate of drug-likeness (QED) is 0.729. The third-order valence-electron chi connectivity index (χ3n) is 1.99. The molecule has 4 nitrogen and oxygen atoms in total. The molecule has 15 heavy (non-hydrogen) atoms. The fourth-order valence-electron chi connectivity index (χ4n) is 1.16. The molecule has 1 heterocycles. The van der Waals surface area contributed by atoms with E-state index in [1.165, 1.54) is 7.11 Å². The number of thiazole rings is 1. The Morgan fingerprint density at radius 3 is 2.73 bits per heavy atom. The molecule has 0 aliphatic heterocycles. The van der Waals surface area contributed by atoms with Crippen LogP contribution >= 0.6 is 11.3 Å². The Bertz CT molecular complexity index is 347. The Labute approximate surface area is 93.9 Å². The average molecular weight is 228 g/mol. The van der Waals surface area contributed by atoms with E-state index in [2.05, 4.69) is 14.6 Å². The van der Waals surface area contributed by atoms with Crippen LogP contribution in [0, 0.1) is 6.92 Å². The van der Waals surface area contributed by atoms with E-state index in [0.717, 1.165) is 22.9 Å². The summed E-state index contributed by atoms with van der Waals surface area (Å²) in [6, 6.07) is 0. The number of nitrogens with zero attached hydrogens (tertiary/aromatic N) is 2. The number of hydrogen-bond acceptors (Lipinski definition) is 5. The van der Waals surface area contributed by atoms with Crippen LogP contribution < -0.4 is 0 Å². The van der Waals surface area contributed by atoms with E-state index in [-0.39, 0.29) is 5.97 Å². The summed E-state index contributed by atoms with van der Waals surface area (Å²) in [5.41, 5.74) is 0.455. The van der Waals surface area contributed by atoms with Crippen molar-refractivity contribution in [2.75, 3.05) is 27.7 Å². The van der Waals surface area contributed by atoms with Gasteiger partial charge >= 0.3 is 5.97 Å². The van der Waals surface area contributed by atoms with Gasteiger partial charge in [-0.25, -0.2) is 9.78 Å². The van der Waals surface area contributed by atoms with Gasteiger partial charge in [0.2, 0.25) is 0 Å². The molecule has 0 aliphatic rings. The molecule has 0 spiro atoms.